The van der Waals surface area contributed by atoms with E-state index in [9.17, 15) is 4.39 Å². The van der Waals surface area contributed by atoms with Gasteiger partial charge in [0.2, 0.25) is 5.95 Å². The fraction of sp³-hybridized carbons (Fsp3) is 0.304. The molecule has 5 nitrogen and oxygen atoms in total. The number of halogens is 1. The van der Waals surface area contributed by atoms with Crippen LogP contribution in [0.25, 0.3) is 0 Å². The molecule has 2 heterocycles. The van der Waals surface area contributed by atoms with Crippen molar-refractivity contribution >= 4 is 17.5 Å². The molecule has 6 heteroatoms. The molecule has 0 N–H and O–H groups in total. The molecule has 150 valence electrons. The minimum Gasteiger partial charge on any atom is -0.366 e. The maximum atomic E-state index is 14.1. The molecule has 2 aromatic carbocycles. The number of para-hydroxylation sites is 1. The highest BCUT2D eigenvalue weighted by molar-refractivity contribution is 5.51. The number of aryl methyl sites for hydroxylation is 1. The second-order valence-corrected chi connectivity index (χ2v) is 7.43. The average Bonchev–Trinajstić information content (AvgIpc) is 2.74. The van der Waals surface area contributed by atoms with Crippen LogP contribution >= 0.6 is 0 Å². The highest BCUT2D eigenvalue weighted by Crippen LogP contribution is 2.23. The van der Waals surface area contributed by atoms with Crippen LogP contribution in [0.3, 0.4) is 0 Å². The van der Waals surface area contributed by atoms with Crippen molar-refractivity contribution in [3.63, 3.8) is 0 Å². The zero-order valence-corrected chi connectivity index (χ0v) is 16.9. The summed E-state index contributed by atoms with van der Waals surface area (Å²) < 4.78 is 14.1. The molecular weight excluding hydrogens is 365 g/mol. The molecule has 1 saturated heterocycles. The van der Waals surface area contributed by atoms with E-state index >= 15 is 0 Å². The molecule has 1 aliphatic rings. The molecule has 1 aromatic heterocycles. The summed E-state index contributed by atoms with van der Waals surface area (Å²) in [5.41, 5.74) is 2.85. The third kappa shape index (κ3) is 4.47. The fourth-order valence-electron chi connectivity index (χ4n) is 3.67. The summed E-state index contributed by atoms with van der Waals surface area (Å²) in [6, 6.07) is 19.3. The molecule has 0 atom stereocenters. The topological polar surface area (TPSA) is 35.5 Å². The molecule has 0 radical (unpaired) electrons. The smallest absolute Gasteiger partial charge is 0.227 e. The van der Waals surface area contributed by atoms with Gasteiger partial charge in [-0.2, -0.15) is 4.98 Å². The van der Waals surface area contributed by atoms with Crippen LogP contribution in [-0.4, -0.2) is 43.2 Å². The minimum atomic E-state index is -0.169. The Hall–Kier alpha value is -3.15. The summed E-state index contributed by atoms with van der Waals surface area (Å²) in [4.78, 5) is 15.9. The maximum absolute atomic E-state index is 14.1. The first kappa shape index (κ1) is 19.2. The lowest BCUT2D eigenvalue weighted by molar-refractivity contribution is 0.593. The number of piperazine rings is 1. The first-order chi connectivity index (χ1) is 14.1. The van der Waals surface area contributed by atoms with E-state index in [2.05, 4.69) is 51.0 Å². The number of aromatic nitrogens is 2. The molecule has 0 amide bonds. The first-order valence-corrected chi connectivity index (χ1v) is 9.95. The van der Waals surface area contributed by atoms with Crippen LogP contribution in [0.2, 0.25) is 0 Å². The molecular formula is C23H26FN5. The standard InChI is InChI=1S/C23H26FN5/c1-18-16-22(27(2)17-19-8-4-3-5-9-19)26-23(25-18)29-14-12-28(13-15-29)21-11-7-6-10-20(21)24/h3-11,16H,12-15,17H2,1-2H3. The Morgan fingerprint density at radius 2 is 1.55 bits per heavy atom. The maximum Gasteiger partial charge on any atom is 0.227 e. The van der Waals surface area contributed by atoms with Gasteiger partial charge in [0.25, 0.3) is 0 Å². The highest BCUT2D eigenvalue weighted by atomic mass is 19.1. The summed E-state index contributed by atoms with van der Waals surface area (Å²) >= 11 is 0. The zero-order chi connectivity index (χ0) is 20.2. The lowest BCUT2D eigenvalue weighted by Gasteiger charge is -2.36. The first-order valence-electron chi connectivity index (χ1n) is 9.95. The Morgan fingerprint density at radius 1 is 0.897 bits per heavy atom. The second-order valence-electron chi connectivity index (χ2n) is 7.43. The minimum absolute atomic E-state index is 0.169. The Labute approximate surface area is 171 Å². The molecule has 0 saturated carbocycles. The van der Waals surface area contributed by atoms with Crippen molar-refractivity contribution in [2.45, 2.75) is 13.5 Å². The molecule has 0 aliphatic carbocycles. The quantitative estimate of drug-likeness (QED) is 0.659. The fourth-order valence-corrected chi connectivity index (χ4v) is 3.67. The summed E-state index contributed by atoms with van der Waals surface area (Å²) in [6.07, 6.45) is 0. The second kappa shape index (κ2) is 8.47. The number of hydrogen-bond donors (Lipinski definition) is 0. The van der Waals surface area contributed by atoms with Gasteiger partial charge < -0.3 is 14.7 Å². The third-order valence-corrected chi connectivity index (χ3v) is 5.24. The van der Waals surface area contributed by atoms with E-state index in [1.807, 2.05) is 31.2 Å². The van der Waals surface area contributed by atoms with Crippen molar-refractivity contribution in [3.8, 4) is 0 Å². The average molecular weight is 391 g/mol. The van der Waals surface area contributed by atoms with Gasteiger partial charge in [-0.25, -0.2) is 9.37 Å². The van der Waals surface area contributed by atoms with Gasteiger partial charge in [0.05, 0.1) is 5.69 Å². The van der Waals surface area contributed by atoms with Crippen LogP contribution in [0.4, 0.5) is 21.8 Å². The Kier molecular flexibility index (Phi) is 5.60. The van der Waals surface area contributed by atoms with E-state index in [0.29, 0.717) is 5.69 Å². The Balaban J connectivity index is 1.46. The van der Waals surface area contributed by atoms with Gasteiger partial charge in [-0.15, -0.1) is 0 Å². The largest absolute Gasteiger partial charge is 0.366 e. The molecule has 0 unspecified atom stereocenters. The summed E-state index contributed by atoms with van der Waals surface area (Å²) in [6.45, 7) is 5.80. The SMILES string of the molecule is Cc1cc(N(C)Cc2ccccc2)nc(N2CCN(c3ccccc3F)CC2)n1. The normalized spacial score (nSPS) is 14.2. The third-order valence-electron chi connectivity index (χ3n) is 5.24. The van der Waals surface area contributed by atoms with Gasteiger partial charge in [0.1, 0.15) is 11.6 Å². The van der Waals surface area contributed by atoms with Crippen LogP contribution < -0.4 is 14.7 Å². The van der Waals surface area contributed by atoms with E-state index in [1.54, 1.807) is 6.07 Å². The zero-order valence-electron chi connectivity index (χ0n) is 16.9. The number of benzene rings is 2. The van der Waals surface area contributed by atoms with Crippen molar-refractivity contribution in [2.75, 3.05) is 47.9 Å². The van der Waals surface area contributed by atoms with Crippen molar-refractivity contribution in [1.82, 2.24) is 9.97 Å². The molecule has 3 aromatic rings. The highest BCUT2D eigenvalue weighted by Gasteiger charge is 2.22. The molecule has 29 heavy (non-hydrogen) atoms. The number of rotatable bonds is 5. The van der Waals surface area contributed by atoms with E-state index in [0.717, 1.165) is 50.2 Å². The van der Waals surface area contributed by atoms with Gasteiger partial charge in [0.15, 0.2) is 0 Å². The predicted molar refractivity (Wildman–Crippen MR) is 116 cm³/mol. The Morgan fingerprint density at radius 3 is 2.28 bits per heavy atom. The van der Waals surface area contributed by atoms with Gasteiger partial charge in [-0.3, -0.25) is 0 Å². The summed E-state index contributed by atoms with van der Waals surface area (Å²) in [5, 5.41) is 0. The van der Waals surface area contributed by atoms with Crippen LogP contribution in [-0.2, 0) is 6.54 Å². The monoisotopic (exact) mass is 391 g/mol. The van der Waals surface area contributed by atoms with Crippen molar-refractivity contribution < 1.29 is 4.39 Å². The van der Waals surface area contributed by atoms with Crippen molar-refractivity contribution in [1.29, 1.82) is 0 Å². The summed E-state index contributed by atoms with van der Waals surface area (Å²) in [5.74, 6) is 1.48. The molecule has 1 aliphatic heterocycles. The van der Waals surface area contributed by atoms with E-state index in [1.165, 1.54) is 11.6 Å². The van der Waals surface area contributed by atoms with Crippen molar-refractivity contribution in [2.24, 2.45) is 0 Å². The van der Waals surface area contributed by atoms with Crippen LogP contribution in [0.5, 0.6) is 0 Å². The lowest BCUT2D eigenvalue weighted by atomic mass is 10.2. The van der Waals surface area contributed by atoms with E-state index in [4.69, 9.17) is 4.98 Å². The van der Waals surface area contributed by atoms with Gasteiger partial charge in [-0.1, -0.05) is 42.5 Å². The van der Waals surface area contributed by atoms with Crippen LogP contribution in [0.1, 0.15) is 11.3 Å². The molecule has 0 bridgehead atoms. The van der Waals surface area contributed by atoms with Crippen LogP contribution in [0.15, 0.2) is 60.7 Å². The van der Waals surface area contributed by atoms with Gasteiger partial charge in [0, 0.05) is 51.5 Å². The molecule has 4 rings (SSSR count). The number of anilines is 3. The molecule has 0 spiro atoms. The van der Waals surface area contributed by atoms with Crippen LogP contribution in [0, 0.1) is 12.7 Å². The summed E-state index contributed by atoms with van der Waals surface area (Å²) in [7, 11) is 2.05. The van der Waals surface area contributed by atoms with Crippen molar-refractivity contribution in [3.05, 3.63) is 77.7 Å². The van der Waals surface area contributed by atoms with Gasteiger partial charge in [-0.05, 0) is 24.6 Å². The number of nitrogens with zero attached hydrogens (tertiary/aromatic N) is 5. The van der Waals surface area contributed by atoms with E-state index < -0.39 is 0 Å². The lowest BCUT2D eigenvalue weighted by Crippen LogP contribution is -2.47. The van der Waals surface area contributed by atoms with E-state index in [-0.39, 0.29) is 5.82 Å². The Bertz CT molecular complexity index is 954. The number of hydrogen-bond acceptors (Lipinski definition) is 5. The van der Waals surface area contributed by atoms with Gasteiger partial charge >= 0.3 is 0 Å². The molecule has 1 fully saturated rings. The predicted octanol–water partition coefficient (Wildman–Crippen LogP) is 3.89.